The summed E-state index contributed by atoms with van der Waals surface area (Å²) in [5.41, 5.74) is 1.47. The molecule has 27 heavy (non-hydrogen) atoms. The molecular weight excluding hydrogens is 384 g/mol. The zero-order valence-corrected chi connectivity index (χ0v) is 15.6. The molecule has 2 aliphatic rings. The van der Waals surface area contributed by atoms with Crippen LogP contribution in [0.2, 0.25) is 0 Å². The molecule has 0 atom stereocenters. The van der Waals surface area contributed by atoms with Gasteiger partial charge in [0.1, 0.15) is 10.9 Å². The number of hydrogen-bond donors (Lipinski definition) is 1. The third-order valence-electron chi connectivity index (χ3n) is 3.93. The van der Waals surface area contributed by atoms with Crippen molar-refractivity contribution in [1.82, 2.24) is 4.90 Å². The van der Waals surface area contributed by atoms with Gasteiger partial charge in [-0.05, 0) is 35.9 Å². The minimum absolute atomic E-state index is 0.127. The molecule has 2 heterocycles. The number of benzene rings is 2. The molecule has 0 bridgehead atoms. The second-order valence-electron chi connectivity index (χ2n) is 5.79. The number of hydrogen-bond acceptors (Lipinski definition) is 6. The Hall–Kier alpha value is -2.84. The topological polar surface area (TPSA) is 67.9 Å². The van der Waals surface area contributed by atoms with Crippen LogP contribution in [-0.2, 0) is 9.59 Å². The fourth-order valence-electron chi connectivity index (χ4n) is 2.66. The number of amides is 2. The predicted octanol–water partition coefficient (Wildman–Crippen LogP) is 3.26. The lowest BCUT2D eigenvalue weighted by molar-refractivity contribution is -0.126. The lowest BCUT2D eigenvalue weighted by atomic mass is 10.2. The number of thiocarbonyl (C=S) groups is 1. The number of rotatable bonds is 4. The van der Waals surface area contributed by atoms with Crippen LogP contribution in [-0.4, -0.2) is 34.4 Å². The molecule has 1 fully saturated rings. The number of carbonyl (C=O) groups is 2. The van der Waals surface area contributed by atoms with E-state index in [4.69, 9.17) is 21.7 Å². The molecule has 6 nitrogen and oxygen atoms in total. The average molecular weight is 398 g/mol. The zero-order chi connectivity index (χ0) is 18.8. The van der Waals surface area contributed by atoms with Gasteiger partial charge in [-0.3, -0.25) is 14.5 Å². The van der Waals surface area contributed by atoms with E-state index >= 15 is 0 Å². The summed E-state index contributed by atoms with van der Waals surface area (Å²) in [7, 11) is 0. The van der Waals surface area contributed by atoms with Gasteiger partial charge in [-0.25, -0.2) is 0 Å². The summed E-state index contributed by atoms with van der Waals surface area (Å²) in [6, 6.07) is 14.5. The first kappa shape index (κ1) is 17.6. The standard InChI is InChI=1S/C19H14N2O4S2/c22-17(20-13-4-2-1-3-5-13)10-21-18(23)16(27-19(21)26)9-12-6-7-14-15(8-12)25-11-24-14/h1-9H,10-11H2,(H,20,22). The molecule has 0 spiro atoms. The summed E-state index contributed by atoms with van der Waals surface area (Å²) in [5, 5.41) is 2.75. The summed E-state index contributed by atoms with van der Waals surface area (Å²) in [6.07, 6.45) is 1.73. The molecule has 1 N–H and O–H groups in total. The van der Waals surface area contributed by atoms with Crippen molar-refractivity contribution < 1.29 is 19.1 Å². The smallest absolute Gasteiger partial charge is 0.266 e. The van der Waals surface area contributed by atoms with E-state index in [2.05, 4.69) is 5.32 Å². The van der Waals surface area contributed by atoms with Crippen LogP contribution in [0.15, 0.2) is 53.4 Å². The first-order chi connectivity index (χ1) is 13.1. The monoisotopic (exact) mass is 398 g/mol. The van der Waals surface area contributed by atoms with Crippen LogP contribution in [0.5, 0.6) is 11.5 Å². The molecule has 2 aromatic rings. The maximum atomic E-state index is 12.7. The predicted molar refractivity (Wildman–Crippen MR) is 108 cm³/mol. The molecule has 4 rings (SSSR count). The highest BCUT2D eigenvalue weighted by Crippen LogP contribution is 2.36. The van der Waals surface area contributed by atoms with E-state index in [-0.39, 0.29) is 25.2 Å². The van der Waals surface area contributed by atoms with Crippen LogP contribution < -0.4 is 14.8 Å². The highest BCUT2D eigenvalue weighted by atomic mass is 32.2. The van der Waals surface area contributed by atoms with Crippen molar-refractivity contribution in [3.63, 3.8) is 0 Å². The summed E-state index contributed by atoms with van der Waals surface area (Å²) in [4.78, 5) is 26.7. The first-order valence-electron chi connectivity index (χ1n) is 8.10. The largest absolute Gasteiger partial charge is 0.454 e. The van der Waals surface area contributed by atoms with Crippen molar-refractivity contribution >= 4 is 51.9 Å². The summed E-state index contributed by atoms with van der Waals surface area (Å²) in [6.45, 7) is 0.0649. The second-order valence-corrected chi connectivity index (χ2v) is 7.47. The van der Waals surface area contributed by atoms with Crippen molar-refractivity contribution in [2.24, 2.45) is 0 Å². The van der Waals surface area contributed by atoms with Crippen LogP contribution in [0.4, 0.5) is 5.69 Å². The van der Waals surface area contributed by atoms with E-state index in [9.17, 15) is 9.59 Å². The number of fused-ring (bicyclic) bond motifs is 1. The van der Waals surface area contributed by atoms with E-state index in [1.54, 1.807) is 30.3 Å². The van der Waals surface area contributed by atoms with Gasteiger partial charge in [-0.15, -0.1) is 0 Å². The normalized spacial score (nSPS) is 16.9. The molecule has 0 aliphatic carbocycles. The van der Waals surface area contributed by atoms with Crippen LogP contribution >= 0.6 is 24.0 Å². The second kappa shape index (κ2) is 7.42. The molecule has 0 unspecified atom stereocenters. The average Bonchev–Trinajstić information content (AvgIpc) is 3.22. The minimum atomic E-state index is -0.304. The van der Waals surface area contributed by atoms with E-state index in [1.165, 1.54) is 16.7 Å². The van der Waals surface area contributed by atoms with Crippen molar-refractivity contribution in [3.05, 3.63) is 59.0 Å². The van der Waals surface area contributed by atoms with E-state index in [1.807, 2.05) is 24.3 Å². The summed E-state index contributed by atoms with van der Waals surface area (Å²) >= 11 is 6.45. The maximum absolute atomic E-state index is 12.7. The van der Waals surface area contributed by atoms with Gasteiger partial charge in [-0.1, -0.05) is 48.2 Å². The summed E-state index contributed by atoms with van der Waals surface area (Å²) < 4.78 is 11.0. The number of thioether (sulfide) groups is 1. The van der Waals surface area contributed by atoms with Gasteiger partial charge in [0.25, 0.3) is 5.91 Å². The molecule has 2 aromatic carbocycles. The Morgan fingerprint density at radius 1 is 1.19 bits per heavy atom. The minimum Gasteiger partial charge on any atom is -0.454 e. The SMILES string of the molecule is O=C(CN1C(=O)C(=Cc2ccc3c(c2)OCO3)SC1=S)Nc1ccccc1. The number of nitrogens with zero attached hydrogens (tertiary/aromatic N) is 1. The third kappa shape index (κ3) is 3.81. The van der Waals surface area contributed by atoms with Gasteiger partial charge in [-0.2, -0.15) is 0 Å². The number of ether oxygens (including phenoxy) is 2. The van der Waals surface area contributed by atoms with Gasteiger partial charge in [0, 0.05) is 5.69 Å². The van der Waals surface area contributed by atoms with E-state index < -0.39 is 0 Å². The zero-order valence-electron chi connectivity index (χ0n) is 14.0. The van der Waals surface area contributed by atoms with Crippen molar-refractivity contribution in [3.8, 4) is 11.5 Å². The fourth-order valence-corrected chi connectivity index (χ4v) is 3.91. The number of anilines is 1. The van der Waals surface area contributed by atoms with Gasteiger partial charge in [0.15, 0.2) is 11.5 Å². The molecule has 2 aliphatic heterocycles. The molecule has 0 radical (unpaired) electrons. The van der Waals surface area contributed by atoms with Gasteiger partial charge in [0.05, 0.1) is 4.91 Å². The highest BCUT2D eigenvalue weighted by molar-refractivity contribution is 8.26. The summed E-state index contributed by atoms with van der Waals surface area (Å²) in [5.74, 6) is 0.728. The quantitative estimate of drug-likeness (QED) is 0.630. The van der Waals surface area contributed by atoms with Crippen molar-refractivity contribution in [2.75, 3.05) is 18.7 Å². The maximum Gasteiger partial charge on any atom is 0.266 e. The Morgan fingerprint density at radius 2 is 1.96 bits per heavy atom. The van der Waals surface area contributed by atoms with Gasteiger partial charge in [0.2, 0.25) is 12.7 Å². The lowest BCUT2D eigenvalue weighted by Crippen LogP contribution is -2.36. The number of carbonyl (C=O) groups excluding carboxylic acids is 2. The van der Waals surface area contributed by atoms with Crippen LogP contribution in [0, 0.1) is 0 Å². The Bertz CT molecular complexity index is 959. The van der Waals surface area contributed by atoms with E-state index in [0.29, 0.717) is 26.4 Å². The lowest BCUT2D eigenvalue weighted by Gasteiger charge is -2.14. The number of nitrogens with one attached hydrogen (secondary N) is 1. The molecule has 0 aromatic heterocycles. The molecule has 8 heteroatoms. The first-order valence-corrected chi connectivity index (χ1v) is 9.32. The number of para-hydroxylation sites is 1. The van der Waals surface area contributed by atoms with Gasteiger partial charge >= 0.3 is 0 Å². The Morgan fingerprint density at radius 3 is 2.78 bits per heavy atom. The Kier molecular flexibility index (Phi) is 4.83. The molecule has 136 valence electrons. The molecule has 0 saturated carbocycles. The fraction of sp³-hybridized carbons (Fsp3) is 0.105. The molecule has 2 amide bonds. The highest BCUT2D eigenvalue weighted by Gasteiger charge is 2.33. The van der Waals surface area contributed by atoms with Crippen LogP contribution in [0.3, 0.4) is 0 Å². The van der Waals surface area contributed by atoms with Gasteiger partial charge < -0.3 is 14.8 Å². The molecule has 1 saturated heterocycles. The van der Waals surface area contributed by atoms with Crippen LogP contribution in [0.1, 0.15) is 5.56 Å². The van der Waals surface area contributed by atoms with Crippen molar-refractivity contribution in [1.29, 1.82) is 0 Å². The van der Waals surface area contributed by atoms with Crippen LogP contribution in [0.25, 0.3) is 6.08 Å². The Balaban J connectivity index is 1.46. The van der Waals surface area contributed by atoms with Crippen molar-refractivity contribution in [2.45, 2.75) is 0 Å². The molecular formula is C19H14N2O4S2. The Labute approximate surface area is 165 Å². The van der Waals surface area contributed by atoms with E-state index in [0.717, 1.165) is 5.56 Å². The third-order valence-corrected chi connectivity index (χ3v) is 5.31.